The summed E-state index contributed by atoms with van der Waals surface area (Å²) < 4.78 is 0. The molecule has 0 aromatic rings. The zero-order valence-corrected chi connectivity index (χ0v) is 9.74. The van der Waals surface area contributed by atoms with Crippen LogP contribution in [0.5, 0.6) is 0 Å². The molecule has 14 heavy (non-hydrogen) atoms. The summed E-state index contributed by atoms with van der Waals surface area (Å²) in [5.41, 5.74) is 0. The van der Waals surface area contributed by atoms with Crippen LogP contribution in [-0.2, 0) is 4.79 Å². The maximum atomic E-state index is 11.5. The highest BCUT2D eigenvalue weighted by atomic mass is 16.3. The molecule has 2 N–H and O–H groups in total. The molecule has 0 fully saturated rings. The average Bonchev–Trinajstić information content (AvgIpc) is 2.11. The van der Waals surface area contributed by atoms with E-state index in [0.29, 0.717) is 12.3 Å². The lowest BCUT2D eigenvalue weighted by atomic mass is 9.94. The highest BCUT2D eigenvalue weighted by Crippen LogP contribution is 2.17. The summed E-state index contributed by atoms with van der Waals surface area (Å²) in [4.78, 5) is 13.2. The van der Waals surface area contributed by atoms with Gasteiger partial charge in [-0.1, -0.05) is 13.8 Å². The SMILES string of the molecule is CNC(=O)C(CC(C)C)C(O)N(C)C. The first-order valence-electron chi connectivity index (χ1n) is 4.96. The molecule has 1 amide bonds. The number of carbonyl (C=O) groups excluding carboxylic acids is 1. The Balaban J connectivity index is 4.46. The van der Waals surface area contributed by atoms with E-state index in [1.54, 1.807) is 26.0 Å². The zero-order chi connectivity index (χ0) is 11.3. The second kappa shape index (κ2) is 5.98. The molecule has 84 valence electrons. The zero-order valence-electron chi connectivity index (χ0n) is 9.74. The molecule has 0 aliphatic carbocycles. The van der Waals surface area contributed by atoms with Gasteiger partial charge in [0.2, 0.25) is 5.91 Å². The van der Waals surface area contributed by atoms with E-state index in [4.69, 9.17) is 0 Å². The number of rotatable bonds is 5. The van der Waals surface area contributed by atoms with Crippen LogP contribution in [0.15, 0.2) is 0 Å². The van der Waals surface area contributed by atoms with Gasteiger partial charge in [-0.05, 0) is 26.4 Å². The van der Waals surface area contributed by atoms with Crippen molar-refractivity contribution >= 4 is 5.91 Å². The van der Waals surface area contributed by atoms with E-state index in [9.17, 15) is 9.90 Å². The first kappa shape index (κ1) is 13.4. The molecular weight excluding hydrogens is 180 g/mol. The smallest absolute Gasteiger partial charge is 0.226 e. The standard InChI is InChI=1S/C10H22N2O2/c1-7(2)6-8(9(13)11-3)10(14)12(4)5/h7-8,10,14H,6H2,1-5H3,(H,11,13). The fraction of sp³-hybridized carbons (Fsp3) is 0.900. The number of carbonyl (C=O) groups is 1. The van der Waals surface area contributed by atoms with Gasteiger partial charge in [0.15, 0.2) is 0 Å². The van der Waals surface area contributed by atoms with Crippen LogP contribution in [-0.4, -0.2) is 43.3 Å². The van der Waals surface area contributed by atoms with Gasteiger partial charge in [-0.2, -0.15) is 0 Å². The first-order chi connectivity index (χ1) is 6.40. The molecule has 0 rings (SSSR count). The molecule has 4 heteroatoms. The minimum absolute atomic E-state index is 0.0973. The van der Waals surface area contributed by atoms with E-state index in [1.807, 2.05) is 13.8 Å². The third-order valence-corrected chi connectivity index (χ3v) is 2.20. The van der Waals surface area contributed by atoms with Crippen LogP contribution in [0.4, 0.5) is 0 Å². The number of hydrogen-bond donors (Lipinski definition) is 2. The van der Waals surface area contributed by atoms with Crippen LogP contribution in [0.2, 0.25) is 0 Å². The summed E-state index contributed by atoms with van der Waals surface area (Å²) in [6.07, 6.45) is -0.0173. The molecule has 0 bridgehead atoms. The highest BCUT2D eigenvalue weighted by molar-refractivity contribution is 5.78. The maximum absolute atomic E-state index is 11.5. The molecule has 0 saturated heterocycles. The lowest BCUT2D eigenvalue weighted by Crippen LogP contribution is -2.43. The highest BCUT2D eigenvalue weighted by Gasteiger charge is 2.27. The molecule has 0 radical (unpaired) electrons. The van der Waals surface area contributed by atoms with Gasteiger partial charge < -0.3 is 10.4 Å². The Morgan fingerprint density at radius 3 is 2.21 bits per heavy atom. The molecule has 0 heterocycles. The number of nitrogens with zero attached hydrogens (tertiary/aromatic N) is 1. The van der Waals surface area contributed by atoms with Crippen molar-refractivity contribution in [2.24, 2.45) is 11.8 Å². The molecule has 0 aromatic heterocycles. The Hall–Kier alpha value is -0.610. The lowest BCUT2D eigenvalue weighted by molar-refractivity contribution is -0.133. The second-order valence-corrected chi connectivity index (χ2v) is 4.23. The van der Waals surface area contributed by atoms with E-state index < -0.39 is 6.23 Å². The predicted molar refractivity (Wildman–Crippen MR) is 56.7 cm³/mol. The van der Waals surface area contributed by atoms with Crippen molar-refractivity contribution in [3.8, 4) is 0 Å². The third kappa shape index (κ3) is 4.07. The van der Waals surface area contributed by atoms with Crippen LogP contribution in [0.25, 0.3) is 0 Å². The molecule has 0 aliphatic rings. The number of amides is 1. The van der Waals surface area contributed by atoms with Gasteiger partial charge in [0, 0.05) is 7.05 Å². The molecule has 0 saturated carbocycles. The first-order valence-corrected chi connectivity index (χ1v) is 4.96. The Kier molecular flexibility index (Phi) is 5.72. The Bertz CT molecular complexity index is 181. The van der Waals surface area contributed by atoms with Crippen molar-refractivity contribution in [1.29, 1.82) is 0 Å². The fourth-order valence-electron chi connectivity index (χ4n) is 1.42. The van der Waals surface area contributed by atoms with Crippen molar-refractivity contribution in [1.82, 2.24) is 10.2 Å². The van der Waals surface area contributed by atoms with Crippen molar-refractivity contribution in [2.75, 3.05) is 21.1 Å². The molecule has 2 unspecified atom stereocenters. The van der Waals surface area contributed by atoms with Crippen molar-refractivity contribution in [3.63, 3.8) is 0 Å². The summed E-state index contributed by atoms with van der Waals surface area (Å²) in [5, 5.41) is 12.4. The van der Waals surface area contributed by atoms with Gasteiger partial charge in [0.1, 0.15) is 6.23 Å². The molecule has 2 atom stereocenters. The van der Waals surface area contributed by atoms with Gasteiger partial charge >= 0.3 is 0 Å². The van der Waals surface area contributed by atoms with E-state index in [2.05, 4.69) is 5.32 Å². The number of nitrogens with one attached hydrogen (secondary N) is 1. The van der Waals surface area contributed by atoms with Crippen molar-refractivity contribution in [2.45, 2.75) is 26.5 Å². The Morgan fingerprint density at radius 2 is 1.93 bits per heavy atom. The quantitative estimate of drug-likeness (QED) is 0.629. The van der Waals surface area contributed by atoms with E-state index >= 15 is 0 Å². The van der Waals surface area contributed by atoms with Gasteiger partial charge in [-0.25, -0.2) is 0 Å². The summed E-state index contributed by atoms with van der Waals surface area (Å²) in [5.74, 6) is -0.0539. The van der Waals surface area contributed by atoms with Gasteiger partial charge in [-0.15, -0.1) is 0 Å². The normalized spacial score (nSPS) is 15.7. The average molecular weight is 202 g/mol. The number of aliphatic hydroxyl groups is 1. The van der Waals surface area contributed by atoms with Gasteiger partial charge in [-0.3, -0.25) is 9.69 Å². The molecule has 0 aromatic carbocycles. The summed E-state index contributed by atoms with van der Waals surface area (Å²) in [6.45, 7) is 4.08. The van der Waals surface area contributed by atoms with Crippen LogP contribution in [0, 0.1) is 11.8 Å². The summed E-state index contributed by atoms with van der Waals surface area (Å²) >= 11 is 0. The molecule has 4 nitrogen and oxygen atoms in total. The molecule has 0 aliphatic heterocycles. The monoisotopic (exact) mass is 202 g/mol. The van der Waals surface area contributed by atoms with Gasteiger partial charge in [0.25, 0.3) is 0 Å². The predicted octanol–water partition coefficient (Wildman–Crippen LogP) is 0.275. The van der Waals surface area contributed by atoms with Gasteiger partial charge in [0.05, 0.1) is 5.92 Å². The minimum Gasteiger partial charge on any atom is -0.378 e. The van der Waals surface area contributed by atoms with Crippen LogP contribution in [0.1, 0.15) is 20.3 Å². The van der Waals surface area contributed by atoms with Crippen molar-refractivity contribution < 1.29 is 9.90 Å². The molecular formula is C10H22N2O2. The van der Waals surface area contributed by atoms with E-state index in [-0.39, 0.29) is 11.8 Å². The molecule has 0 spiro atoms. The Morgan fingerprint density at radius 1 is 1.43 bits per heavy atom. The summed E-state index contributed by atoms with van der Waals surface area (Å²) in [7, 11) is 5.12. The largest absolute Gasteiger partial charge is 0.378 e. The van der Waals surface area contributed by atoms with E-state index in [1.165, 1.54) is 0 Å². The maximum Gasteiger partial charge on any atom is 0.226 e. The second-order valence-electron chi connectivity index (χ2n) is 4.23. The summed E-state index contributed by atoms with van der Waals surface area (Å²) in [6, 6.07) is 0. The lowest BCUT2D eigenvalue weighted by Gasteiger charge is -2.27. The van der Waals surface area contributed by atoms with E-state index in [0.717, 1.165) is 0 Å². The van der Waals surface area contributed by atoms with Crippen LogP contribution < -0.4 is 5.32 Å². The van der Waals surface area contributed by atoms with Crippen molar-refractivity contribution in [3.05, 3.63) is 0 Å². The minimum atomic E-state index is -0.711. The third-order valence-electron chi connectivity index (χ3n) is 2.20. The van der Waals surface area contributed by atoms with Crippen LogP contribution >= 0.6 is 0 Å². The number of hydrogen-bond acceptors (Lipinski definition) is 3. The number of aliphatic hydroxyl groups excluding tert-OH is 1. The fourth-order valence-corrected chi connectivity index (χ4v) is 1.42. The van der Waals surface area contributed by atoms with Crippen LogP contribution in [0.3, 0.4) is 0 Å². The Labute approximate surface area is 86.3 Å². The topological polar surface area (TPSA) is 52.6 Å².